The van der Waals surface area contributed by atoms with Gasteiger partial charge in [0.2, 0.25) is 11.8 Å². The van der Waals surface area contributed by atoms with Crippen molar-refractivity contribution >= 4 is 24.0 Å². The molecule has 0 bridgehead atoms. The van der Waals surface area contributed by atoms with Crippen LogP contribution in [-0.4, -0.2) is 80.3 Å². The maximum Gasteiger partial charge on any atom is 0.255 e. The number of unbranched alkanes of at least 4 members (excludes halogenated alkanes) is 1. The Morgan fingerprint density at radius 1 is 0.906 bits per heavy atom. The van der Waals surface area contributed by atoms with Crippen LogP contribution in [0.25, 0.3) is 0 Å². The summed E-state index contributed by atoms with van der Waals surface area (Å²) in [6.45, 7) is 2.20. The molecule has 0 aliphatic carbocycles. The van der Waals surface area contributed by atoms with Crippen molar-refractivity contribution in [1.82, 2.24) is 15.1 Å². The van der Waals surface area contributed by atoms with Crippen molar-refractivity contribution in [2.24, 2.45) is 0 Å². The van der Waals surface area contributed by atoms with E-state index >= 15 is 0 Å². The molecule has 0 radical (unpaired) electrons. The van der Waals surface area contributed by atoms with Crippen LogP contribution in [0.1, 0.15) is 76.6 Å². The van der Waals surface area contributed by atoms with E-state index in [0.717, 1.165) is 23.3 Å². The Kier molecular flexibility index (Phi) is 12.4. The Hall–Kier alpha value is -5.64. The summed E-state index contributed by atoms with van der Waals surface area (Å²) in [4.78, 5) is 52.2. The van der Waals surface area contributed by atoms with E-state index in [-0.39, 0.29) is 42.4 Å². The fraction of sp³-hybridized carbons (Fsp3) is 0.349. The molecule has 53 heavy (non-hydrogen) atoms. The van der Waals surface area contributed by atoms with Crippen LogP contribution in [0.15, 0.2) is 97.1 Å². The first-order valence-corrected chi connectivity index (χ1v) is 18.3. The third-order valence-electron chi connectivity index (χ3n) is 10.1. The van der Waals surface area contributed by atoms with Gasteiger partial charge in [-0.3, -0.25) is 14.4 Å². The van der Waals surface area contributed by atoms with Crippen molar-refractivity contribution in [3.05, 3.63) is 125 Å². The quantitative estimate of drug-likeness (QED) is 0.103. The lowest BCUT2D eigenvalue weighted by molar-refractivity contribution is -0.130. The van der Waals surface area contributed by atoms with Crippen LogP contribution in [0.2, 0.25) is 0 Å². The second-order valence-corrected chi connectivity index (χ2v) is 13.5. The highest BCUT2D eigenvalue weighted by molar-refractivity contribution is 6.00. The summed E-state index contributed by atoms with van der Waals surface area (Å²) in [5.41, 5.74) is 4.96. The van der Waals surface area contributed by atoms with E-state index in [9.17, 15) is 19.2 Å². The number of carbonyl (C=O) groups is 4. The highest BCUT2D eigenvalue weighted by atomic mass is 16.5. The number of hydrogen-bond acceptors (Lipinski definition) is 7. The molecule has 0 aromatic heterocycles. The number of ether oxygens (including phenoxy) is 3. The number of amides is 3. The molecule has 3 amide bonds. The number of aldehydes is 1. The minimum Gasteiger partial charge on any atom is -0.494 e. The number of nitrogens with one attached hydrogen (secondary N) is 1. The van der Waals surface area contributed by atoms with Crippen molar-refractivity contribution in [3.8, 4) is 17.2 Å². The average molecular weight is 718 g/mol. The first-order valence-electron chi connectivity index (χ1n) is 18.3. The van der Waals surface area contributed by atoms with Gasteiger partial charge in [0.1, 0.15) is 30.1 Å². The van der Waals surface area contributed by atoms with Crippen LogP contribution in [-0.2, 0) is 20.9 Å². The molecular weight excluding hydrogens is 670 g/mol. The maximum absolute atomic E-state index is 12.9. The molecule has 10 heteroatoms. The summed E-state index contributed by atoms with van der Waals surface area (Å²) in [6, 6.07) is 31.7. The number of carbonyl (C=O) groups excluding carboxylic acids is 4. The Bertz CT molecular complexity index is 1880. The topological polar surface area (TPSA) is 114 Å². The van der Waals surface area contributed by atoms with Crippen molar-refractivity contribution in [3.63, 3.8) is 0 Å². The number of benzene rings is 4. The normalized spacial score (nSPS) is 16.5. The van der Waals surface area contributed by atoms with Crippen LogP contribution in [0.5, 0.6) is 17.2 Å². The molecule has 0 saturated heterocycles. The molecule has 0 saturated carbocycles. The molecule has 6 rings (SSSR count). The van der Waals surface area contributed by atoms with Gasteiger partial charge in [-0.15, -0.1) is 0 Å². The number of nitrogens with zero attached hydrogens (tertiary/aromatic N) is 2. The summed E-state index contributed by atoms with van der Waals surface area (Å²) in [7, 11) is 3.33. The van der Waals surface area contributed by atoms with E-state index in [1.54, 1.807) is 31.1 Å². The smallest absolute Gasteiger partial charge is 0.255 e. The van der Waals surface area contributed by atoms with Gasteiger partial charge in [-0.05, 0) is 72.4 Å². The molecule has 276 valence electrons. The van der Waals surface area contributed by atoms with Crippen molar-refractivity contribution < 1.29 is 33.4 Å². The van der Waals surface area contributed by atoms with E-state index in [1.165, 1.54) is 21.6 Å². The SMILES string of the molecule is CNC(=O)CCC(C=O)N1Cc2cc(OCCCCC(=O)N(C)CCOc3ccc(C4c5ccccc5OCC4c4ccccc4)cc3)ccc2C1=O. The van der Waals surface area contributed by atoms with Gasteiger partial charge in [0.25, 0.3) is 5.91 Å². The number of hydrogen-bond donors (Lipinski definition) is 1. The average Bonchev–Trinajstić information content (AvgIpc) is 3.52. The van der Waals surface area contributed by atoms with Crippen LogP contribution >= 0.6 is 0 Å². The predicted molar refractivity (Wildman–Crippen MR) is 201 cm³/mol. The Morgan fingerprint density at radius 3 is 2.42 bits per heavy atom. The highest BCUT2D eigenvalue weighted by Gasteiger charge is 2.34. The molecule has 3 unspecified atom stereocenters. The summed E-state index contributed by atoms with van der Waals surface area (Å²) < 4.78 is 18.1. The standard InChI is InChI=1S/C43H47N3O7/c1-44-40(48)22-17-33(28-47)46-27-32-26-35(20-21-36(32)43(46)50)51-24-9-8-14-41(49)45(2)23-25-52-34-18-15-31(16-19-34)42-37-12-6-7-13-39(37)53-29-38(42)30-10-4-3-5-11-30/h3-7,10-13,15-16,18-21,26,28,33,38,42H,8-9,14,17,22-25,27,29H2,1-2H3,(H,44,48). The van der Waals surface area contributed by atoms with E-state index in [4.69, 9.17) is 14.2 Å². The third-order valence-corrected chi connectivity index (χ3v) is 10.1. The Morgan fingerprint density at radius 2 is 1.64 bits per heavy atom. The zero-order valence-electron chi connectivity index (χ0n) is 30.4. The third kappa shape index (κ3) is 9.06. The van der Waals surface area contributed by atoms with Gasteiger partial charge in [-0.25, -0.2) is 0 Å². The Balaban J connectivity index is 0.916. The van der Waals surface area contributed by atoms with E-state index in [0.29, 0.717) is 63.5 Å². The van der Waals surface area contributed by atoms with Gasteiger partial charge < -0.3 is 34.1 Å². The van der Waals surface area contributed by atoms with Gasteiger partial charge in [0.05, 0.1) is 25.8 Å². The van der Waals surface area contributed by atoms with Gasteiger partial charge in [0.15, 0.2) is 0 Å². The van der Waals surface area contributed by atoms with E-state index < -0.39 is 6.04 Å². The summed E-state index contributed by atoms with van der Waals surface area (Å²) in [6.07, 6.45) is 2.93. The van der Waals surface area contributed by atoms with Crippen LogP contribution in [0.4, 0.5) is 0 Å². The number of fused-ring (bicyclic) bond motifs is 2. The van der Waals surface area contributed by atoms with Crippen molar-refractivity contribution in [2.75, 3.05) is 40.5 Å². The van der Waals surface area contributed by atoms with Crippen LogP contribution < -0.4 is 19.5 Å². The molecule has 1 N–H and O–H groups in total. The summed E-state index contributed by atoms with van der Waals surface area (Å²) >= 11 is 0. The first kappa shape index (κ1) is 37.1. The molecule has 2 aliphatic rings. The second-order valence-electron chi connectivity index (χ2n) is 13.5. The monoisotopic (exact) mass is 717 g/mol. The zero-order valence-corrected chi connectivity index (χ0v) is 30.4. The van der Waals surface area contributed by atoms with Gasteiger partial charge in [-0.2, -0.15) is 0 Å². The van der Waals surface area contributed by atoms with E-state index in [2.05, 4.69) is 53.8 Å². The molecule has 0 spiro atoms. The van der Waals surface area contributed by atoms with Gasteiger partial charge in [-0.1, -0.05) is 60.7 Å². The molecule has 2 aliphatic heterocycles. The number of rotatable bonds is 17. The lowest BCUT2D eigenvalue weighted by Crippen LogP contribution is -2.37. The highest BCUT2D eigenvalue weighted by Crippen LogP contribution is 2.46. The number of para-hydroxylation sites is 1. The predicted octanol–water partition coefficient (Wildman–Crippen LogP) is 6.13. The minimum atomic E-state index is -0.666. The van der Waals surface area contributed by atoms with Gasteiger partial charge >= 0.3 is 0 Å². The second kappa shape index (κ2) is 17.7. The van der Waals surface area contributed by atoms with Gasteiger partial charge in [0, 0.05) is 56.4 Å². The largest absolute Gasteiger partial charge is 0.494 e. The molecule has 4 aromatic rings. The molecular formula is C43H47N3O7. The van der Waals surface area contributed by atoms with Crippen molar-refractivity contribution in [1.29, 1.82) is 0 Å². The van der Waals surface area contributed by atoms with Crippen molar-refractivity contribution in [2.45, 2.75) is 56.5 Å². The fourth-order valence-electron chi connectivity index (χ4n) is 7.10. The fourth-order valence-corrected chi connectivity index (χ4v) is 7.10. The maximum atomic E-state index is 12.9. The molecule has 10 nitrogen and oxygen atoms in total. The summed E-state index contributed by atoms with van der Waals surface area (Å²) in [5, 5.41) is 2.54. The molecule has 0 fully saturated rings. The minimum absolute atomic E-state index is 0.0476. The first-order chi connectivity index (χ1) is 25.9. The Labute approximate surface area is 311 Å². The van der Waals surface area contributed by atoms with Crippen LogP contribution in [0.3, 0.4) is 0 Å². The van der Waals surface area contributed by atoms with E-state index in [1.807, 2.05) is 36.4 Å². The van der Waals surface area contributed by atoms with Crippen LogP contribution in [0, 0.1) is 0 Å². The molecule has 3 atom stereocenters. The lowest BCUT2D eigenvalue weighted by Gasteiger charge is -2.34. The number of likely N-dealkylation sites (N-methyl/N-ethyl adjacent to an activating group) is 1. The summed E-state index contributed by atoms with van der Waals surface area (Å²) in [5.74, 6) is 2.33. The zero-order chi connectivity index (χ0) is 37.2. The lowest BCUT2D eigenvalue weighted by atomic mass is 9.76. The molecule has 4 aromatic carbocycles. The molecule has 2 heterocycles.